The molecule has 0 fully saturated rings. The fraction of sp³-hybridized carbons (Fsp3) is 0. The van der Waals surface area contributed by atoms with Crippen LogP contribution in [0, 0.1) is 5.82 Å². The zero-order chi connectivity index (χ0) is 18.1. The van der Waals surface area contributed by atoms with E-state index in [1.165, 1.54) is 41.1 Å². The van der Waals surface area contributed by atoms with E-state index in [2.05, 4.69) is 9.97 Å². The van der Waals surface area contributed by atoms with Gasteiger partial charge in [0, 0.05) is 17.3 Å². The normalized spacial score (nSPS) is 10.8. The van der Waals surface area contributed by atoms with Gasteiger partial charge in [0.2, 0.25) is 0 Å². The number of fused-ring (bicyclic) bond motifs is 1. The first-order valence-corrected chi connectivity index (χ1v) is 7.72. The van der Waals surface area contributed by atoms with Gasteiger partial charge in [-0.25, -0.2) is 14.2 Å². The zero-order valence-electron chi connectivity index (χ0n) is 13.3. The molecule has 6 nitrogen and oxygen atoms in total. The Morgan fingerprint density at radius 2 is 1.81 bits per heavy atom. The number of hydrogen-bond donors (Lipinski definition) is 1. The van der Waals surface area contributed by atoms with Crippen LogP contribution in [0.25, 0.3) is 16.7 Å². The number of halogens is 1. The van der Waals surface area contributed by atoms with Crippen LogP contribution >= 0.6 is 0 Å². The SMILES string of the molecule is O=C(O)c1cc2cnc(Oc3ccccc3)nc2n1-c1ccc(F)cc1. The Morgan fingerprint density at radius 1 is 1.08 bits per heavy atom. The van der Waals surface area contributed by atoms with E-state index in [0.29, 0.717) is 22.5 Å². The molecular weight excluding hydrogens is 337 g/mol. The third-order valence-corrected chi connectivity index (χ3v) is 3.78. The van der Waals surface area contributed by atoms with E-state index >= 15 is 0 Å². The largest absolute Gasteiger partial charge is 0.477 e. The van der Waals surface area contributed by atoms with Gasteiger partial charge in [0.15, 0.2) is 5.65 Å². The zero-order valence-corrected chi connectivity index (χ0v) is 13.3. The summed E-state index contributed by atoms with van der Waals surface area (Å²) < 4.78 is 20.3. The van der Waals surface area contributed by atoms with Crippen molar-refractivity contribution < 1.29 is 19.0 Å². The van der Waals surface area contributed by atoms with Gasteiger partial charge in [-0.15, -0.1) is 0 Å². The second-order valence-corrected chi connectivity index (χ2v) is 5.49. The number of carboxylic acid groups (broad SMARTS) is 1. The van der Waals surface area contributed by atoms with Crippen molar-refractivity contribution in [1.82, 2.24) is 14.5 Å². The quantitative estimate of drug-likeness (QED) is 0.601. The van der Waals surface area contributed by atoms with E-state index in [1.54, 1.807) is 12.1 Å². The van der Waals surface area contributed by atoms with Crippen molar-refractivity contribution in [2.45, 2.75) is 0 Å². The maximum absolute atomic E-state index is 13.2. The Hall–Kier alpha value is -3.74. The summed E-state index contributed by atoms with van der Waals surface area (Å²) in [6.07, 6.45) is 1.49. The Kier molecular flexibility index (Phi) is 3.81. The van der Waals surface area contributed by atoms with Gasteiger partial charge in [0.1, 0.15) is 17.3 Å². The van der Waals surface area contributed by atoms with Gasteiger partial charge in [0.05, 0.1) is 0 Å². The number of para-hydroxylation sites is 1. The van der Waals surface area contributed by atoms with Gasteiger partial charge in [-0.05, 0) is 42.5 Å². The molecule has 2 heterocycles. The van der Waals surface area contributed by atoms with Crippen molar-refractivity contribution in [3.63, 3.8) is 0 Å². The van der Waals surface area contributed by atoms with Crippen LogP contribution in [-0.4, -0.2) is 25.6 Å². The van der Waals surface area contributed by atoms with Crippen molar-refractivity contribution in [3.05, 3.63) is 78.4 Å². The second-order valence-electron chi connectivity index (χ2n) is 5.49. The lowest BCUT2D eigenvalue weighted by atomic mass is 10.3. The number of ether oxygens (including phenoxy) is 1. The third kappa shape index (κ3) is 2.86. The molecule has 0 aliphatic rings. The number of aromatic nitrogens is 3. The molecule has 0 radical (unpaired) electrons. The number of aromatic carboxylic acids is 1. The van der Waals surface area contributed by atoms with Crippen LogP contribution in [-0.2, 0) is 0 Å². The first kappa shape index (κ1) is 15.8. The average molecular weight is 349 g/mol. The topological polar surface area (TPSA) is 77.2 Å². The molecule has 0 saturated heterocycles. The molecule has 0 atom stereocenters. The van der Waals surface area contributed by atoms with Crippen molar-refractivity contribution in [2.75, 3.05) is 0 Å². The van der Waals surface area contributed by atoms with Crippen molar-refractivity contribution in [3.8, 4) is 17.4 Å². The lowest BCUT2D eigenvalue weighted by Gasteiger charge is -2.08. The maximum atomic E-state index is 13.2. The number of carboxylic acids is 1. The van der Waals surface area contributed by atoms with Crippen LogP contribution in [0.3, 0.4) is 0 Å². The highest BCUT2D eigenvalue weighted by atomic mass is 19.1. The van der Waals surface area contributed by atoms with Crippen molar-refractivity contribution in [2.24, 2.45) is 0 Å². The summed E-state index contributed by atoms with van der Waals surface area (Å²) >= 11 is 0. The van der Waals surface area contributed by atoms with Crippen LogP contribution in [0.15, 0.2) is 66.9 Å². The first-order chi connectivity index (χ1) is 12.6. The van der Waals surface area contributed by atoms with E-state index in [0.717, 1.165) is 0 Å². The first-order valence-electron chi connectivity index (χ1n) is 7.72. The van der Waals surface area contributed by atoms with Gasteiger partial charge in [-0.3, -0.25) is 4.57 Å². The molecule has 128 valence electrons. The predicted octanol–water partition coefficient (Wildman–Crippen LogP) is 4.05. The average Bonchev–Trinajstić information content (AvgIpc) is 3.02. The number of nitrogens with zero attached hydrogens (tertiary/aromatic N) is 3. The van der Waals surface area contributed by atoms with Gasteiger partial charge in [-0.2, -0.15) is 4.98 Å². The van der Waals surface area contributed by atoms with Crippen LogP contribution in [0.4, 0.5) is 4.39 Å². The fourth-order valence-corrected chi connectivity index (χ4v) is 2.63. The minimum atomic E-state index is -1.13. The van der Waals surface area contributed by atoms with E-state index in [4.69, 9.17) is 4.74 Å². The Bertz CT molecular complexity index is 1090. The van der Waals surface area contributed by atoms with Crippen LogP contribution < -0.4 is 4.74 Å². The van der Waals surface area contributed by atoms with Gasteiger partial charge in [0.25, 0.3) is 0 Å². The third-order valence-electron chi connectivity index (χ3n) is 3.78. The standard InChI is InChI=1S/C19H12FN3O3/c20-13-6-8-14(9-7-13)23-16(18(24)25)10-12-11-21-19(22-17(12)23)26-15-4-2-1-3-5-15/h1-11H,(H,24,25). The second kappa shape index (κ2) is 6.29. The van der Waals surface area contributed by atoms with Gasteiger partial charge in [-0.1, -0.05) is 18.2 Å². The molecule has 0 aliphatic carbocycles. The van der Waals surface area contributed by atoms with Gasteiger partial charge < -0.3 is 9.84 Å². The maximum Gasteiger partial charge on any atom is 0.352 e. The highest BCUT2D eigenvalue weighted by molar-refractivity contribution is 5.94. The number of carbonyl (C=O) groups is 1. The van der Waals surface area contributed by atoms with Crippen LogP contribution in [0.1, 0.15) is 10.5 Å². The molecule has 2 aromatic carbocycles. The van der Waals surface area contributed by atoms with E-state index in [-0.39, 0.29) is 11.7 Å². The van der Waals surface area contributed by atoms with E-state index in [9.17, 15) is 14.3 Å². The van der Waals surface area contributed by atoms with Crippen LogP contribution in [0.5, 0.6) is 11.8 Å². The van der Waals surface area contributed by atoms with E-state index in [1.807, 2.05) is 18.2 Å². The summed E-state index contributed by atoms with van der Waals surface area (Å²) in [7, 11) is 0. The monoisotopic (exact) mass is 349 g/mol. The summed E-state index contributed by atoms with van der Waals surface area (Å²) in [5.74, 6) is -0.979. The Labute approximate surface area is 147 Å². The summed E-state index contributed by atoms with van der Waals surface area (Å²) in [4.78, 5) is 20.1. The van der Waals surface area contributed by atoms with Crippen LogP contribution in [0.2, 0.25) is 0 Å². The van der Waals surface area contributed by atoms with E-state index < -0.39 is 11.8 Å². The molecule has 0 spiro atoms. The molecule has 0 aliphatic heterocycles. The Morgan fingerprint density at radius 3 is 2.50 bits per heavy atom. The molecule has 1 N–H and O–H groups in total. The molecule has 7 heteroatoms. The molecule has 2 aromatic heterocycles. The molecule has 0 unspecified atom stereocenters. The summed E-state index contributed by atoms with van der Waals surface area (Å²) in [5.41, 5.74) is 0.830. The summed E-state index contributed by atoms with van der Waals surface area (Å²) in [5, 5.41) is 10.0. The number of rotatable bonds is 4. The van der Waals surface area contributed by atoms with Crippen molar-refractivity contribution in [1.29, 1.82) is 0 Å². The summed E-state index contributed by atoms with van der Waals surface area (Å²) in [6, 6.07) is 16.1. The molecule has 0 amide bonds. The molecule has 26 heavy (non-hydrogen) atoms. The van der Waals surface area contributed by atoms with Crippen molar-refractivity contribution >= 4 is 17.0 Å². The molecule has 0 saturated carbocycles. The minimum Gasteiger partial charge on any atom is -0.477 e. The lowest BCUT2D eigenvalue weighted by molar-refractivity contribution is 0.0688. The Balaban J connectivity index is 1.87. The molecule has 4 rings (SSSR count). The molecule has 0 bridgehead atoms. The summed E-state index contributed by atoms with van der Waals surface area (Å²) in [6.45, 7) is 0. The minimum absolute atomic E-state index is 0.00207. The van der Waals surface area contributed by atoms with Gasteiger partial charge >= 0.3 is 12.0 Å². The molecule has 4 aromatic rings. The predicted molar refractivity (Wildman–Crippen MR) is 92.3 cm³/mol. The number of benzene rings is 2. The lowest BCUT2D eigenvalue weighted by Crippen LogP contribution is -2.07. The fourth-order valence-electron chi connectivity index (χ4n) is 2.63. The molecular formula is C19H12FN3O3. The number of hydrogen-bond acceptors (Lipinski definition) is 4. The highest BCUT2D eigenvalue weighted by Crippen LogP contribution is 2.26. The smallest absolute Gasteiger partial charge is 0.352 e. The highest BCUT2D eigenvalue weighted by Gasteiger charge is 2.18.